The number of hydrogen-bond donors (Lipinski definition) is 1. The molecule has 1 N–H and O–H groups in total. The first kappa shape index (κ1) is 15.2. The average molecular weight is 403 g/mol. The number of aryl methyl sites for hydroxylation is 2. The van der Waals surface area contributed by atoms with Gasteiger partial charge in [0.15, 0.2) is 0 Å². The number of nitrogens with one attached hydrogen (secondary N) is 1. The van der Waals surface area contributed by atoms with Crippen LogP contribution in [0.25, 0.3) is 0 Å². The Labute approximate surface area is 135 Å². The molecule has 102 valence electrons. The van der Waals surface area contributed by atoms with E-state index in [1.165, 1.54) is 25.4 Å². The van der Waals surface area contributed by atoms with Crippen LogP contribution >= 0.6 is 43.2 Å². The molecule has 1 nitrogen and oxygen atoms in total. The first-order valence-corrected chi connectivity index (χ1v) is 8.68. The van der Waals surface area contributed by atoms with E-state index in [0.29, 0.717) is 0 Å². The molecular weight excluding hydrogens is 386 g/mol. The van der Waals surface area contributed by atoms with Gasteiger partial charge in [-0.15, -0.1) is 11.3 Å². The second kappa shape index (κ2) is 6.53. The summed E-state index contributed by atoms with van der Waals surface area (Å²) in [5.41, 5.74) is 2.59. The number of thiophene rings is 1. The van der Waals surface area contributed by atoms with Gasteiger partial charge in [0.25, 0.3) is 0 Å². The van der Waals surface area contributed by atoms with Crippen molar-refractivity contribution in [3.8, 4) is 0 Å². The first-order chi connectivity index (χ1) is 9.02. The monoisotopic (exact) mass is 401 g/mol. The Morgan fingerprint density at radius 2 is 1.89 bits per heavy atom. The average Bonchev–Trinajstić information content (AvgIpc) is 2.70. The molecular formula is C15H17Br2NS. The summed E-state index contributed by atoms with van der Waals surface area (Å²) in [6.07, 6.45) is 0. The number of halogens is 2. The highest BCUT2D eigenvalue weighted by atomic mass is 79.9. The maximum Gasteiger partial charge on any atom is 0.0682 e. The fourth-order valence-electron chi connectivity index (χ4n) is 2.08. The van der Waals surface area contributed by atoms with E-state index in [2.05, 4.69) is 82.2 Å². The molecule has 0 saturated carbocycles. The molecule has 0 fully saturated rings. The van der Waals surface area contributed by atoms with Crippen LogP contribution in [0.2, 0.25) is 0 Å². The van der Waals surface area contributed by atoms with Gasteiger partial charge in [-0.2, -0.15) is 0 Å². The van der Waals surface area contributed by atoms with E-state index in [9.17, 15) is 0 Å². The lowest BCUT2D eigenvalue weighted by atomic mass is 10.0. The Hall–Kier alpha value is -0.160. The number of hydrogen-bond acceptors (Lipinski definition) is 2. The van der Waals surface area contributed by atoms with E-state index in [1.54, 1.807) is 0 Å². The van der Waals surface area contributed by atoms with Crippen molar-refractivity contribution in [2.45, 2.75) is 26.8 Å². The smallest absolute Gasteiger partial charge is 0.0682 e. The highest BCUT2D eigenvalue weighted by molar-refractivity contribution is 9.10. The summed E-state index contributed by atoms with van der Waals surface area (Å²) in [5.74, 6) is 0. The molecule has 0 bridgehead atoms. The van der Waals surface area contributed by atoms with Gasteiger partial charge in [-0.25, -0.2) is 0 Å². The molecule has 0 spiro atoms. The molecule has 19 heavy (non-hydrogen) atoms. The molecule has 0 aliphatic carbocycles. The summed E-state index contributed by atoms with van der Waals surface area (Å²) >= 11 is 9.13. The fraction of sp³-hybridized carbons (Fsp3) is 0.333. The van der Waals surface area contributed by atoms with Crippen LogP contribution in [0.15, 0.2) is 33.2 Å². The van der Waals surface area contributed by atoms with Gasteiger partial charge in [-0.3, -0.25) is 0 Å². The molecule has 1 aromatic heterocycles. The summed E-state index contributed by atoms with van der Waals surface area (Å²) in [6, 6.07) is 8.98. The zero-order chi connectivity index (χ0) is 14.0. The van der Waals surface area contributed by atoms with Gasteiger partial charge in [0.1, 0.15) is 0 Å². The topological polar surface area (TPSA) is 12.0 Å². The third-order valence-corrected chi connectivity index (χ3v) is 5.96. The molecule has 1 unspecified atom stereocenters. The Morgan fingerprint density at radius 1 is 1.16 bits per heavy atom. The molecule has 4 heteroatoms. The van der Waals surface area contributed by atoms with Gasteiger partial charge >= 0.3 is 0 Å². The normalized spacial score (nSPS) is 12.7. The molecule has 1 heterocycles. The summed E-state index contributed by atoms with van der Waals surface area (Å²) < 4.78 is 2.35. The molecule has 0 saturated heterocycles. The van der Waals surface area contributed by atoms with Crippen molar-refractivity contribution < 1.29 is 0 Å². The van der Waals surface area contributed by atoms with Crippen molar-refractivity contribution in [1.82, 2.24) is 5.32 Å². The van der Waals surface area contributed by atoms with Crippen molar-refractivity contribution in [3.05, 3.63) is 54.1 Å². The van der Waals surface area contributed by atoms with Crippen LogP contribution in [0.5, 0.6) is 0 Å². The SMILES string of the molecule is CCNC(c1cc(Br)c(C)s1)c1cc(C)ccc1Br. The van der Waals surface area contributed by atoms with Crippen LogP contribution in [0.4, 0.5) is 0 Å². The Bertz CT molecular complexity index is 558. The minimum atomic E-state index is 0.245. The van der Waals surface area contributed by atoms with Gasteiger partial charge in [-0.1, -0.05) is 40.5 Å². The Kier molecular flexibility index (Phi) is 5.23. The van der Waals surface area contributed by atoms with Gasteiger partial charge < -0.3 is 5.32 Å². The highest BCUT2D eigenvalue weighted by Crippen LogP contribution is 2.36. The minimum Gasteiger partial charge on any atom is -0.306 e. The second-order valence-corrected chi connectivity index (χ2v) is 7.57. The highest BCUT2D eigenvalue weighted by Gasteiger charge is 2.19. The zero-order valence-corrected chi connectivity index (χ0v) is 15.2. The summed E-state index contributed by atoms with van der Waals surface area (Å²) in [7, 11) is 0. The largest absolute Gasteiger partial charge is 0.306 e. The lowest BCUT2D eigenvalue weighted by Gasteiger charge is -2.19. The van der Waals surface area contributed by atoms with E-state index < -0.39 is 0 Å². The van der Waals surface area contributed by atoms with E-state index in [-0.39, 0.29) is 6.04 Å². The van der Waals surface area contributed by atoms with E-state index in [0.717, 1.165) is 11.0 Å². The summed E-state index contributed by atoms with van der Waals surface area (Å²) in [4.78, 5) is 2.67. The molecule has 1 aromatic carbocycles. The molecule has 1 atom stereocenters. The van der Waals surface area contributed by atoms with Crippen LogP contribution < -0.4 is 5.32 Å². The quantitative estimate of drug-likeness (QED) is 0.702. The summed E-state index contributed by atoms with van der Waals surface area (Å²) in [6.45, 7) is 7.37. The lowest BCUT2D eigenvalue weighted by Crippen LogP contribution is -2.21. The fourth-order valence-corrected chi connectivity index (χ4v) is 4.21. The van der Waals surface area contributed by atoms with Crippen molar-refractivity contribution >= 4 is 43.2 Å². The van der Waals surface area contributed by atoms with Crippen molar-refractivity contribution in [2.24, 2.45) is 0 Å². The van der Waals surface area contributed by atoms with Gasteiger partial charge in [-0.05, 0) is 54.0 Å². The van der Waals surface area contributed by atoms with Gasteiger partial charge in [0, 0.05) is 18.7 Å². The van der Waals surface area contributed by atoms with E-state index >= 15 is 0 Å². The maximum atomic E-state index is 3.68. The van der Waals surface area contributed by atoms with E-state index in [4.69, 9.17) is 0 Å². The second-order valence-electron chi connectivity index (χ2n) is 4.57. The van der Waals surface area contributed by atoms with Crippen LogP contribution in [0, 0.1) is 13.8 Å². The van der Waals surface area contributed by atoms with Crippen LogP contribution in [0.3, 0.4) is 0 Å². The predicted octanol–water partition coefficient (Wildman–Crippen LogP) is 5.59. The molecule has 0 radical (unpaired) electrons. The van der Waals surface area contributed by atoms with Crippen LogP contribution in [-0.2, 0) is 0 Å². The van der Waals surface area contributed by atoms with Gasteiger partial charge in [0.05, 0.1) is 6.04 Å². The molecule has 0 aliphatic heterocycles. The zero-order valence-electron chi connectivity index (χ0n) is 11.3. The molecule has 0 amide bonds. The van der Waals surface area contributed by atoms with Crippen LogP contribution in [-0.4, -0.2) is 6.54 Å². The minimum absolute atomic E-state index is 0.245. The predicted molar refractivity (Wildman–Crippen MR) is 91.2 cm³/mol. The van der Waals surface area contributed by atoms with Gasteiger partial charge in [0.2, 0.25) is 0 Å². The van der Waals surface area contributed by atoms with Crippen molar-refractivity contribution in [1.29, 1.82) is 0 Å². The number of benzene rings is 1. The van der Waals surface area contributed by atoms with Crippen molar-refractivity contribution in [2.75, 3.05) is 6.54 Å². The third kappa shape index (κ3) is 3.48. The van der Waals surface area contributed by atoms with Crippen molar-refractivity contribution in [3.63, 3.8) is 0 Å². The third-order valence-electron chi connectivity index (χ3n) is 3.03. The molecule has 0 aliphatic rings. The number of rotatable bonds is 4. The Balaban J connectivity index is 2.47. The lowest BCUT2D eigenvalue weighted by molar-refractivity contribution is 0.637. The first-order valence-electron chi connectivity index (χ1n) is 6.28. The molecule has 2 aromatic rings. The summed E-state index contributed by atoms with van der Waals surface area (Å²) in [5, 5.41) is 3.58. The maximum absolute atomic E-state index is 3.68. The molecule has 2 rings (SSSR count). The standard InChI is InChI=1S/C15H17Br2NS/c1-4-18-15(14-8-13(17)10(3)19-14)11-7-9(2)5-6-12(11)16/h5-8,15,18H,4H2,1-3H3. The van der Waals surface area contributed by atoms with Crippen LogP contribution in [0.1, 0.15) is 33.8 Å². The Morgan fingerprint density at radius 3 is 2.47 bits per heavy atom. The van der Waals surface area contributed by atoms with E-state index in [1.807, 2.05) is 11.3 Å².